The number of aliphatic hydroxyl groups is 1. The van der Waals surface area contributed by atoms with Gasteiger partial charge in [-0.3, -0.25) is 0 Å². The molecule has 0 saturated heterocycles. The molecule has 0 radical (unpaired) electrons. The molecule has 3 N–H and O–H groups in total. The molecule has 1 heterocycles. The summed E-state index contributed by atoms with van der Waals surface area (Å²) >= 11 is 0. The van der Waals surface area contributed by atoms with Crippen LogP contribution in [0.5, 0.6) is 17.2 Å². The van der Waals surface area contributed by atoms with Crippen LogP contribution in [0.3, 0.4) is 0 Å². The molecule has 5 nitrogen and oxygen atoms in total. The molecule has 6 heteroatoms. The van der Waals surface area contributed by atoms with Gasteiger partial charge in [0, 0.05) is 6.07 Å². The topological polar surface area (TPSA) is 73.9 Å². The van der Waals surface area contributed by atoms with Crippen molar-refractivity contribution in [1.29, 1.82) is 0 Å². The quantitative estimate of drug-likeness (QED) is 0.813. The normalized spacial score (nSPS) is 15.5. The van der Waals surface area contributed by atoms with E-state index in [2.05, 4.69) is 0 Å². The number of ether oxygens (including phenoxy) is 3. The van der Waals surface area contributed by atoms with Crippen molar-refractivity contribution in [2.24, 2.45) is 5.73 Å². The predicted octanol–water partition coefficient (Wildman–Crippen LogP) is 0.598. The molecule has 1 unspecified atom stereocenters. The molecule has 1 aliphatic rings. The first-order valence-corrected chi connectivity index (χ1v) is 5.21. The van der Waals surface area contributed by atoms with Gasteiger partial charge in [0.25, 0.3) is 0 Å². The van der Waals surface area contributed by atoms with Gasteiger partial charge in [-0.15, -0.1) is 0 Å². The summed E-state index contributed by atoms with van der Waals surface area (Å²) in [5.74, 6) is 0.0240. The lowest BCUT2D eigenvalue weighted by molar-refractivity contribution is 0.164. The van der Waals surface area contributed by atoms with E-state index in [1.807, 2.05) is 0 Å². The standard InChI is InChI=1S/C11H14FNO4/c1-15-7-4-8-11(17-3-2-16-8)9(10(7)12)6(13)5-14/h4,6,14H,2-3,5,13H2,1H3. The first kappa shape index (κ1) is 11.9. The highest BCUT2D eigenvalue weighted by Crippen LogP contribution is 2.42. The molecule has 17 heavy (non-hydrogen) atoms. The monoisotopic (exact) mass is 243 g/mol. The van der Waals surface area contributed by atoms with Gasteiger partial charge >= 0.3 is 0 Å². The third kappa shape index (κ3) is 2.01. The molecular formula is C11H14FNO4. The second-order valence-corrected chi connectivity index (χ2v) is 3.62. The summed E-state index contributed by atoms with van der Waals surface area (Å²) in [7, 11) is 1.35. The molecule has 1 aliphatic heterocycles. The smallest absolute Gasteiger partial charge is 0.173 e. The summed E-state index contributed by atoms with van der Waals surface area (Å²) in [4.78, 5) is 0. The van der Waals surface area contributed by atoms with Crippen molar-refractivity contribution >= 4 is 0 Å². The third-order valence-electron chi connectivity index (χ3n) is 2.56. The number of halogens is 1. The van der Waals surface area contributed by atoms with Crippen molar-refractivity contribution in [3.05, 3.63) is 17.4 Å². The number of fused-ring (bicyclic) bond motifs is 1. The van der Waals surface area contributed by atoms with Gasteiger partial charge in [0.05, 0.1) is 25.3 Å². The average molecular weight is 243 g/mol. The van der Waals surface area contributed by atoms with E-state index in [9.17, 15) is 4.39 Å². The van der Waals surface area contributed by atoms with Gasteiger partial charge in [-0.25, -0.2) is 4.39 Å². The van der Waals surface area contributed by atoms with E-state index in [1.54, 1.807) is 0 Å². The maximum Gasteiger partial charge on any atom is 0.173 e. The Morgan fingerprint density at radius 1 is 1.53 bits per heavy atom. The summed E-state index contributed by atoms with van der Waals surface area (Å²) in [6.45, 7) is 0.319. The van der Waals surface area contributed by atoms with Crippen LogP contribution < -0.4 is 19.9 Å². The molecule has 0 bridgehead atoms. The van der Waals surface area contributed by atoms with E-state index in [-0.39, 0.29) is 23.7 Å². The Kier molecular flexibility index (Phi) is 3.35. The van der Waals surface area contributed by atoms with Crippen LogP contribution in [-0.4, -0.2) is 32.0 Å². The fourth-order valence-electron chi connectivity index (χ4n) is 1.74. The maximum atomic E-state index is 14.0. The van der Waals surface area contributed by atoms with E-state index in [0.29, 0.717) is 19.0 Å². The molecule has 0 saturated carbocycles. The molecule has 0 amide bonds. The molecule has 1 atom stereocenters. The summed E-state index contributed by atoms with van der Waals surface area (Å²) in [6.07, 6.45) is 0. The van der Waals surface area contributed by atoms with Crippen LogP contribution in [-0.2, 0) is 0 Å². The summed E-state index contributed by atoms with van der Waals surface area (Å²) in [5.41, 5.74) is 5.75. The fourth-order valence-corrected chi connectivity index (χ4v) is 1.74. The molecule has 0 aromatic heterocycles. The van der Waals surface area contributed by atoms with Crippen molar-refractivity contribution in [2.75, 3.05) is 26.9 Å². The van der Waals surface area contributed by atoms with Gasteiger partial charge in [-0.1, -0.05) is 0 Å². The first-order valence-electron chi connectivity index (χ1n) is 5.21. The van der Waals surface area contributed by atoms with E-state index in [1.165, 1.54) is 13.2 Å². The number of benzene rings is 1. The highest BCUT2D eigenvalue weighted by atomic mass is 19.1. The van der Waals surface area contributed by atoms with Crippen molar-refractivity contribution in [1.82, 2.24) is 0 Å². The van der Waals surface area contributed by atoms with Crippen LogP contribution in [0.25, 0.3) is 0 Å². The van der Waals surface area contributed by atoms with Crippen LogP contribution in [0.2, 0.25) is 0 Å². The lowest BCUT2D eigenvalue weighted by Crippen LogP contribution is -2.22. The van der Waals surface area contributed by atoms with Gasteiger partial charge in [0.1, 0.15) is 13.2 Å². The van der Waals surface area contributed by atoms with Gasteiger partial charge < -0.3 is 25.1 Å². The van der Waals surface area contributed by atoms with Gasteiger partial charge in [0.2, 0.25) is 0 Å². The Labute approximate surface area is 97.9 Å². The third-order valence-corrected chi connectivity index (χ3v) is 2.56. The number of rotatable bonds is 3. The molecule has 0 aliphatic carbocycles. The lowest BCUT2D eigenvalue weighted by atomic mass is 10.0. The zero-order valence-electron chi connectivity index (χ0n) is 9.40. The number of methoxy groups -OCH3 is 1. The number of nitrogens with two attached hydrogens (primary N) is 1. The lowest BCUT2D eigenvalue weighted by Gasteiger charge is -2.24. The van der Waals surface area contributed by atoms with Crippen LogP contribution in [0.4, 0.5) is 4.39 Å². The SMILES string of the molecule is COc1cc2c(c(C(N)CO)c1F)OCCO2. The van der Waals surface area contributed by atoms with Crippen LogP contribution in [0.1, 0.15) is 11.6 Å². The van der Waals surface area contributed by atoms with Crippen molar-refractivity contribution < 1.29 is 23.7 Å². The Bertz CT molecular complexity index is 424. The molecule has 1 aromatic carbocycles. The molecular weight excluding hydrogens is 229 g/mol. The minimum Gasteiger partial charge on any atom is -0.494 e. The predicted molar refractivity (Wildman–Crippen MR) is 58.0 cm³/mol. The summed E-state index contributed by atoms with van der Waals surface area (Å²) < 4.78 is 29.6. The van der Waals surface area contributed by atoms with Crippen LogP contribution in [0, 0.1) is 5.82 Å². The van der Waals surface area contributed by atoms with Gasteiger partial charge in [-0.05, 0) is 0 Å². The zero-order valence-corrected chi connectivity index (χ0v) is 9.40. The minimum atomic E-state index is -0.874. The Balaban J connectivity index is 2.59. The molecule has 94 valence electrons. The number of hydrogen-bond donors (Lipinski definition) is 2. The van der Waals surface area contributed by atoms with Gasteiger partial charge in [0.15, 0.2) is 23.1 Å². The van der Waals surface area contributed by atoms with E-state index in [4.69, 9.17) is 25.1 Å². The highest BCUT2D eigenvalue weighted by Gasteiger charge is 2.27. The summed E-state index contributed by atoms with van der Waals surface area (Å²) in [5, 5.41) is 9.05. The first-order chi connectivity index (χ1) is 8.19. The van der Waals surface area contributed by atoms with E-state index < -0.39 is 11.9 Å². The van der Waals surface area contributed by atoms with E-state index >= 15 is 0 Å². The number of aliphatic hydroxyl groups excluding tert-OH is 1. The van der Waals surface area contributed by atoms with Crippen molar-refractivity contribution in [2.45, 2.75) is 6.04 Å². The Hall–Kier alpha value is -1.53. The number of hydrogen-bond acceptors (Lipinski definition) is 5. The molecule has 0 spiro atoms. The Morgan fingerprint density at radius 2 is 2.24 bits per heavy atom. The van der Waals surface area contributed by atoms with Crippen LogP contribution >= 0.6 is 0 Å². The zero-order chi connectivity index (χ0) is 12.4. The fraction of sp³-hybridized carbons (Fsp3) is 0.455. The molecule has 1 aromatic rings. The minimum absolute atomic E-state index is 0.0214. The average Bonchev–Trinajstić information content (AvgIpc) is 2.37. The van der Waals surface area contributed by atoms with Crippen molar-refractivity contribution in [3.8, 4) is 17.2 Å². The Morgan fingerprint density at radius 3 is 2.88 bits per heavy atom. The van der Waals surface area contributed by atoms with Gasteiger partial charge in [-0.2, -0.15) is 0 Å². The van der Waals surface area contributed by atoms with Crippen molar-refractivity contribution in [3.63, 3.8) is 0 Å². The summed E-state index contributed by atoms with van der Waals surface area (Å²) in [6, 6.07) is 0.540. The highest BCUT2D eigenvalue weighted by molar-refractivity contribution is 5.54. The molecule has 2 rings (SSSR count). The maximum absolute atomic E-state index is 14.0. The molecule has 0 fully saturated rings. The second kappa shape index (κ2) is 4.77. The second-order valence-electron chi connectivity index (χ2n) is 3.62. The van der Waals surface area contributed by atoms with Crippen LogP contribution in [0.15, 0.2) is 6.07 Å². The largest absolute Gasteiger partial charge is 0.494 e. The van der Waals surface area contributed by atoms with E-state index in [0.717, 1.165) is 0 Å².